The second kappa shape index (κ2) is 4.73. The Balaban J connectivity index is 3.49. The zero-order valence-electron chi connectivity index (χ0n) is 10.3. The molecule has 0 aliphatic carbocycles. The van der Waals surface area contributed by atoms with Crippen LogP contribution in [0, 0.1) is 3.57 Å². The summed E-state index contributed by atoms with van der Waals surface area (Å²) in [6.07, 6.45) is 0. The number of carbonyl (C=O) groups excluding carboxylic acids is 1. The molecule has 3 heteroatoms. The fourth-order valence-corrected chi connectivity index (χ4v) is 2.41. The zero-order valence-corrected chi connectivity index (χ0v) is 12.5. The molecule has 0 atom stereocenters. The van der Waals surface area contributed by atoms with Gasteiger partial charge in [0.2, 0.25) is 0 Å². The summed E-state index contributed by atoms with van der Waals surface area (Å²) in [6.45, 7) is 7.94. The van der Waals surface area contributed by atoms with Crippen LogP contribution in [0.1, 0.15) is 43.6 Å². The Hall–Kier alpha value is -0.580. The first-order valence-electron chi connectivity index (χ1n) is 5.16. The van der Waals surface area contributed by atoms with Crippen LogP contribution in [0.15, 0.2) is 12.1 Å². The summed E-state index contributed by atoms with van der Waals surface area (Å²) in [5.41, 5.74) is 1.79. The van der Waals surface area contributed by atoms with Crippen molar-refractivity contribution in [1.29, 1.82) is 0 Å². The maximum Gasteiger partial charge on any atom is 0.159 e. The van der Waals surface area contributed by atoms with E-state index >= 15 is 0 Å². The minimum absolute atomic E-state index is 0.0310. The van der Waals surface area contributed by atoms with Crippen molar-refractivity contribution < 1.29 is 9.53 Å². The van der Waals surface area contributed by atoms with E-state index in [2.05, 4.69) is 43.4 Å². The van der Waals surface area contributed by atoms with Crippen molar-refractivity contribution in [2.24, 2.45) is 0 Å². The highest BCUT2D eigenvalue weighted by Crippen LogP contribution is 2.35. The van der Waals surface area contributed by atoms with Gasteiger partial charge < -0.3 is 4.74 Å². The van der Waals surface area contributed by atoms with Gasteiger partial charge in [-0.25, -0.2) is 0 Å². The summed E-state index contributed by atoms with van der Waals surface area (Å²) in [5.74, 6) is 0.962. The standard InChI is InChI=1S/C13H17IO2/c1-8(15)9-6-10(13(2,3)4)12(16-5)11(14)7-9/h6-7H,1-5H3. The number of methoxy groups -OCH3 is 1. The lowest BCUT2D eigenvalue weighted by molar-refractivity contribution is 0.101. The van der Waals surface area contributed by atoms with E-state index in [0.717, 1.165) is 20.4 Å². The smallest absolute Gasteiger partial charge is 0.159 e. The van der Waals surface area contributed by atoms with Gasteiger partial charge in [0.15, 0.2) is 5.78 Å². The van der Waals surface area contributed by atoms with Crippen molar-refractivity contribution in [2.45, 2.75) is 33.1 Å². The average molecular weight is 332 g/mol. The molecule has 0 saturated carbocycles. The van der Waals surface area contributed by atoms with Gasteiger partial charge >= 0.3 is 0 Å². The van der Waals surface area contributed by atoms with Gasteiger partial charge in [-0.1, -0.05) is 20.8 Å². The number of ether oxygens (including phenoxy) is 1. The third kappa shape index (κ3) is 2.75. The fourth-order valence-electron chi connectivity index (χ4n) is 1.56. The van der Waals surface area contributed by atoms with E-state index < -0.39 is 0 Å². The number of halogens is 1. The summed E-state index contributed by atoms with van der Waals surface area (Å²) in [5, 5.41) is 0. The molecule has 88 valence electrons. The van der Waals surface area contributed by atoms with Crippen LogP contribution in [-0.4, -0.2) is 12.9 Å². The van der Waals surface area contributed by atoms with Crippen LogP contribution in [-0.2, 0) is 5.41 Å². The first-order valence-corrected chi connectivity index (χ1v) is 6.24. The van der Waals surface area contributed by atoms with Gasteiger partial charge in [0.05, 0.1) is 10.7 Å². The fraction of sp³-hybridized carbons (Fsp3) is 0.462. The molecule has 0 bridgehead atoms. The number of benzene rings is 1. The van der Waals surface area contributed by atoms with Gasteiger partial charge in [-0.15, -0.1) is 0 Å². The van der Waals surface area contributed by atoms with Crippen molar-refractivity contribution in [3.63, 3.8) is 0 Å². The molecular formula is C13H17IO2. The monoisotopic (exact) mass is 332 g/mol. The Bertz CT molecular complexity index is 417. The molecule has 16 heavy (non-hydrogen) atoms. The summed E-state index contributed by atoms with van der Waals surface area (Å²) >= 11 is 2.21. The van der Waals surface area contributed by atoms with Crippen LogP contribution in [0.5, 0.6) is 5.75 Å². The number of rotatable bonds is 2. The van der Waals surface area contributed by atoms with E-state index in [0.29, 0.717) is 0 Å². The zero-order chi connectivity index (χ0) is 12.5. The van der Waals surface area contributed by atoms with Crippen LogP contribution in [0.25, 0.3) is 0 Å². The van der Waals surface area contributed by atoms with Crippen LogP contribution < -0.4 is 4.74 Å². The summed E-state index contributed by atoms with van der Waals surface area (Å²) in [6, 6.07) is 3.81. The molecule has 1 aromatic carbocycles. The molecule has 0 fully saturated rings. The first kappa shape index (κ1) is 13.5. The number of hydrogen-bond donors (Lipinski definition) is 0. The lowest BCUT2D eigenvalue weighted by Crippen LogP contribution is -2.15. The molecule has 0 aromatic heterocycles. The van der Waals surface area contributed by atoms with Gasteiger partial charge in [-0.3, -0.25) is 4.79 Å². The third-order valence-corrected chi connectivity index (χ3v) is 3.26. The van der Waals surface area contributed by atoms with E-state index in [4.69, 9.17) is 4.74 Å². The normalized spacial score (nSPS) is 11.4. The molecule has 1 aromatic rings. The predicted octanol–water partition coefficient (Wildman–Crippen LogP) is 3.80. The highest BCUT2D eigenvalue weighted by molar-refractivity contribution is 14.1. The molecule has 0 spiro atoms. The number of ketones is 1. The Morgan fingerprint density at radius 3 is 2.25 bits per heavy atom. The van der Waals surface area contributed by atoms with Crippen molar-refractivity contribution >= 4 is 28.4 Å². The molecule has 0 aliphatic heterocycles. The van der Waals surface area contributed by atoms with Crippen LogP contribution >= 0.6 is 22.6 Å². The molecular weight excluding hydrogens is 315 g/mol. The Labute approximate surface area is 111 Å². The van der Waals surface area contributed by atoms with E-state index in [1.165, 1.54) is 0 Å². The Kier molecular flexibility index (Phi) is 3.99. The lowest BCUT2D eigenvalue weighted by Gasteiger charge is -2.23. The van der Waals surface area contributed by atoms with Gasteiger partial charge in [-0.2, -0.15) is 0 Å². The molecule has 2 nitrogen and oxygen atoms in total. The average Bonchev–Trinajstić information content (AvgIpc) is 2.14. The Morgan fingerprint density at radius 1 is 1.31 bits per heavy atom. The molecule has 0 amide bonds. The van der Waals surface area contributed by atoms with E-state index in [1.54, 1.807) is 14.0 Å². The van der Waals surface area contributed by atoms with Crippen LogP contribution in [0.3, 0.4) is 0 Å². The van der Waals surface area contributed by atoms with Crippen LogP contribution in [0.4, 0.5) is 0 Å². The summed E-state index contributed by atoms with van der Waals surface area (Å²) in [4.78, 5) is 11.4. The maximum absolute atomic E-state index is 11.4. The highest BCUT2D eigenvalue weighted by Gasteiger charge is 2.22. The third-order valence-electron chi connectivity index (χ3n) is 2.46. The first-order chi connectivity index (χ1) is 7.27. The van der Waals surface area contributed by atoms with Crippen molar-refractivity contribution in [2.75, 3.05) is 7.11 Å². The van der Waals surface area contributed by atoms with Crippen molar-refractivity contribution in [3.8, 4) is 5.75 Å². The van der Waals surface area contributed by atoms with E-state index in [1.807, 2.05) is 12.1 Å². The largest absolute Gasteiger partial charge is 0.495 e. The number of Topliss-reactive ketones (excluding diaryl/α,β-unsaturated/α-hetero) is 1. The number of hydrogen-bond acceptors (Lipinski definition) is 2. The summed E-state index contributed by atoms with van der Waals surface area (Å²) in [7, 11) is 1.67. The molecule has 0 radical (unpaired) electrons. The van der Waals surface area contributed by atoms with E-state index in [-0.39, 0.29) is 11.2 Å². The quantitative estimate of drug-likeness (QED) is 0.608. The predicted molar refractivity (Wildman–Crippen MR) is 74.4 cm³/mol. The molecule has 0 unspecified atom stereocenters. The molecule has 0 N–H and O–H groups in total. The minimum atomic E-state index is -0.0310. The molecule has 1 rings (SSSR count). The van der Waals surface area contributed by atoms with Gasteiger partial charge in [-0.05, 0) is 47.1 Å². The lowest BCUT2D eigenvalue weighted by atomic mass is 9.85. The van der Waals surface area contributed by atoms with Crippen molar-refractivity contribution in [1.82, 2.24) is 0 Å². The van der Waals surface area contributed by atoms with Gasteiger partial charge in [0.25, 0.3) is 0 Å². The Morgan fingerprint density at radius 2 is 1.88 bits per heavy atom. The van der Waals surface area contributed by atoms with Gasteiger partial charge in [0.1, 0.15) is 5.75 Å². The molecule has 0 saturated heterocycles. The topological polar surface area (TPSA) is 26.3 Å². The van der Waals surface area contributed by atoms with Crippen LogP contribution in [0.2, 0.25) is 0 Å². The van der Waals surface area contributed by atoms with E-state index in [9.17, 15) is 4.79 Å². The minimum Gasteiger partial charge on any atom is -0.495 e. The highest BCUT2D eigenvalue weighted by atomic mass is 127. The summed E-state index contributed by atoms with van der Waals surface area (Å²) < 4.78 is 6.40. The molecule has 0 heterocycles. The second-order valence-corrected chi connectivity index (χ2v) is 6.01. The molecule has 0 aliphatic rings. The SMILES string of the molecule is COc1c(I)cc(C(C)=O)cc1C(C)(C)C. The maximum atomic E-state index is 11.4. The second-order valence-electron chi connectivity index (χ2n) is 4.85. The van der Waals surface area contributed by atoms with Crippen molar-refractivity contribution in [3.05, 3.63) is 26.8 Å². The van der Waals surface area contributed by atoms with Gasteiger partial charge in [0, 0.05) is 11.1 Å². The number of carbonyl (C=O) groups is 1.